The van der Waals surface area contributed by atoms with Crippen LogP contribution in [0, 0.1) is 0 Å². The summed E-state index contributed by atoms with van der Waals surface area (Å²) < 4.78 is 8.37. The molecule has 0 radical (unpaired) electrons. The second-order valence-electron chi connectivity index (χ2n) is 6.35. The van der Waals surface area contributed by atoms with Gasteiger partial charge in [-0.2, -0.15) is 0 Å². The molecule has 6 nitrogen and oxygen atoms in total. The number of aryl methyl sites for hydroxylation is 1. The molecule has 0 bridgehead atoms. The molecule has 7 heteroatoms. The highest BCUT2D eigenvalue weighted by atomic mass is 79.9. The number of pyridine rings is 1. The van der Waals surface area contributed by atoms with Gasteiger partial charge in [0.1, 0.15) is 6.26 Å². The summed E-state index contributed by atoms with van der Waals surface area (Å²) in [6, 6.07) is 9.42. The quantitative estimate of drug-likeness (QED) is 0.501. The molecule has 0 fully saturated rings. The molecule has 3 aromatic heterocycles. The van der Waals surface area contributed by atoms with Crippen LogP contribution in [0.2, 0.25) is 0 Å². The minimum absolute atomic E-state index is 0.308. The molecular formula is C20H12BrN3O3. The number of fused-ring (bicyclic) bond motifs is 2. The first-order chi connectivity index (χ1) is 13.0. The zero-order valence-corrected chi connectivity index (χ0v) is 15.7. The van der Waals surface area contributed by atoms with E-state index < -0.39 is 11.8 Å². The number of rotatable bonds is 2. The van der Waals surface area contributed by atoms with Crippen LogP contribution in [0.15, 0.2) is 57.9 Å². The molecule has 1 aromatic carbocycles. The van der Waals surface area contributed by atoms with Gasteiger partial charge >= 0.3 is 0 Å². The van der Waals surface area contributed by atoms with Crippen LogP contribution in [0.3, 0.4) is 0 Å². The van der Waals surface area contributed by atoms with Crippen molar-refractivity contribution in [1.82, 2.24) is 14.9 Å². The van der Waals surface area contributed by atoms with Crippen molar-refractivity contribution < 1.29 is 14.0 Å². The summed E-state index contributed by atoms with van der Waals surface area (Å²) >= 11 is 3.47. The van der Waals surface area contributed by atoms with Crippen molar-refractivity contribution in [3.8, 4) is 0 Å². The maximum Gasteiger partial charge on any atom is 0.259 e. The fourth-order valence-corrected chi connectivity index (χ4v) is 3.94. The number of halogens is 1. The van der Waals surface area contributed by atoms with Crippen LogP contribution in [0.5, 0.6) is 0 Å². The Balaban J connectivity index is 1.85. The average molecular weight is 422 g/mol. The first kappa shape index (κ1) is 16.0. The number of hydrogen-bond donors (Lipinski definition) is 1. The van der Waals surface area contributed by atoms with Crippen molar-refractivity contribution in [3.63, 3.8) is 0 Å². The number of hydrogen-bond acceptors (Lipinski definition) is 4. The van der Waals surface area contributed by atoms with Gasteiger partial charge in [0, 0.05) is 51.3 Å². The highest BCUT2D eigenvalue weighted by Gasteiger charge is 2.35. The smallest absolute Gasteiger partial charge is 0.259 e. The number of imide groups is 1. The van der Waals surface area contributed by atoms with E-state index in [0.29, 0.717) is 33.4 Å². The van der Waals surface area contributed by atoms with E-state index in [-0.39, 0.29) is 0 Å². The van der Waals surface area contributed by atoms with Crippen LogP contribution >= 0.6 is 15.9 Å². The lowest BCUT2D eigenvalue weighted by Crippen LogP contribution is -2.22. The molecule has 0 saturated carbocycles. The fraction of sp³-hybridized carbons (Fsp3) is 0.0500. The molecule has 27 heavy (non-hydrogen) atoms. The maximum atomic E-state index is 12.7. The number of carbonyl (C=O) groups excluding carboxylic acids is 2. The molecule has 0 atom stereocenters. The molecule has 132 valence electrons. The number of aromatic nitrogens is 2. The molecule has 1 aliphatic rings. The molecule has 4 aromatic rings. The zero-order chi connectivity index (χ0) is 18.7. The second kappa shape index (κ2) is 5.65. The lowest BCUT2D eigenvalue weighted by molar-refractivity contribution is -0.122. The van der Waals surface area contributed by atoms with Gasteiger partial charge in [-0.05, 0) is 24.3 Å². The van der Waals surface area contributed by atoms with Crippen LogP contribution in [-0.2, 0) is 16.6 Å². The van der Waals surface area contributed by atoms with E-state index in [1.165, 1.54) is 6.26 Å². The SMILES string of the molecule is Cn1cc(C2=C(c3coc4ncccc34)C(=O)NC2=O)c2ccc(Br)cc21. The van der Waals surface area contributed by atoms with Crippen molar-refractivity contribution in [3.05, 3.63) is 64.6 Å². The van der Waals surface area contributed by atoms with E-state index in [9.17, 15) is 9.59 Å². The molecule has 1 N–H and O–H groups in total. The first-order valence-electron chi connectivity index (χ1n) is 8.22. The topological polar surface area (TPSA) is 77.1 Å². The summed E-state index contributed by atoms with van der Waals surface area (Å²) in [7, 11) is 1.91. The molecule has 4 heterocycles. The van der Waals surface area contributed by atoms with Gasteiger partial charge in [-0.3, -0.25) is 14.9 Å². The van der Waals surface area contributed by atoms with Gasteiger partial charge in [-0.15, -0.1) is 0 Å². The van der Waals surface area contributed by atoms with E-state index in [0.717, 1.165) is 15.4 Å². The van der Waals surface area contributed by atoms with Crippen LogP contribution in [-0.4, -0.2) is 21.4 Å². The summed E-state index contributed by atoms with van der Waals surface area (Å²) in [5.41, 5.74) is 3.30. The molecule has 0 spiro atoms. The van der Waals surface area contributed by atoms with Crippen molar-refractivity contribution in [2.24, 2.45) is 7.05 Å². The van der Waals surface area contributed by atoms with Crippen LogP contribution in [0.1, 0.15) is 11.1 Å². The number of amides is 2. The second-order valence-corrected chi connectivity index (χ2v) is 7.27. The molecular weight excluding hydrogens is 410 g/mol. The fourth-order valence-electron chi connectivity index (χ4n) is 3.59. The summed E-state index contributed by atoms with van der Waals surface area (Å²) in [5, 5.41) is 4.01. The normalized spacial score (nSPS) is 14.6. The van der Waals surface area contributed by atoms with Crippen molar-refractivity contribution in [1.29, 1.82) is 0 Å². The van der Waals surface area contributed by atoms with E-state index in [4.69, 9.17) is 4.42 Å². The van der Waals surface area contributed by atoms with Crippen molar-refractivity contribution in [2.75, 3.05) is 0 Å². The number of furan rings is 1. The van der Waals surface area contributed by atoms with Crippen LogP contribution in [0.25, 0.3) is 33.1 Å². The Bertz CT molecular complexity index is 1310. The van der Waals surface area contributed by atoms with E-state index >= 15 is 0 Å². The minimum Gasteiger partial charge on any atom is -0.445 e. The van der Waals surface area contributed by atoms with E-state index in [2.05, 4.69) is 26.2 Å². The van der Waals surface area contributed by atoms with Crippen LogP contribution < -0.4 is 5.32 Å². The first-order valence-corrected chi connectivity index (χ1v) is 9.01. The molecule has 0 unspecified atom stereocenters. The Morgan fingerprint density at radius 1 is 1.07 bits per heavy atom. The van der Waals surface area contributed by atoms with Crippen LogP contribution in [0.4, 0.5) is 0 Å². The Kier molecular flexibility index (Phi) is 3.35. The van der Waals surface area contributed by atoms with Gasteiger partial charge in [-0.1, -0.05) is 22.0 Å². The third kappa shape index (κ3) is 2.28. The standard InChI is InChI=1S/C20H12BrN3O3/c1-24-8-13(11-5-4-10(21)7-15(11)24)16-17(19(26)23-18(16)25)14-9-27-20-12(14)3-2-6-22-20/h2-9H,1H3,(H,23,25,26). The van der Waals surface area contributed by atoms with E-state index in [1.54, 1.807) is 12.3 Å². The predicted molar refractivity (Wildman–Crippen MR) is 105 cm³/mol. The lowest BCUT2D eigenvalue weighted by Gasteiger charge is -2.02. The maximum absolute atomic E-state index is 12.7. The van der Waals surface area contributed by atoms with E-state index in [1.807, 2.05) is 42.1 Å². The molecule has 1 aliphatic heterocycles. The highest BCUT2D eigenvalue weighted by molar-refractivity contribution is 9.10. The number of nitrogens with one attached hydrogen (secondary N) is 1. The van der Waals surface area contributed by atoms with Gasteiger partial charge < -0.3 is 8.98 Å². The largest absolute Gasteiger partial charge is 0.445 e. The summed E-state index contributed by atoms with van der Waals surface area (Å²) in [4.78, 5) is 29.5. The Morgan fingerprint density at radius 3 is 2.67 bits per heavy atom. The molecule has 5 rings (SSSR count). The molecule has 0 aliphatic carbocycles. The summed E-state index contributed by atoms with van der Waals surface area (Å²) in [5.74, 6) is -0.848. The summed E-state index contributed by atoms with van der Waals surface area (Å²) in [6.07, 6.45) is 4.96. The molecule has 2 amide bonds. The number of carbonyl (C=O) groups is 2. The van der Waals surface area contributed by atoms with Gasteiger partial charge in [0.05, 0.1) is 11.1 Å². The van der Waals surface area contributed by atoms with Crippen molar-refractivity contribution >= 4 is 60.9 Å². The summed E-state index contributed by atoms with van der Waals surface area (Å²) in [6.45, 7) is 0. The number of nitrogens with zero attached hydrogens (tertiary/aromatic N) is 2. The average Bonchev–Trinajstić information content (AvgIpc) is 3.29. The molecule has 0 saturated heterocycles. The predicted octanol–water partition coefficient (Wildman–Crippen LogP) is 3.65. The van der Waals surface area contributed by atoms with Gasteiger partial charge in [0.25, 0.3) is 11.8 Å². The third-order valence-corrected chi connectivity index (χ3v) is 5.27. The lowest BCUT2D eigenvalue weighted by atomic mass is 9.96. The van der Waals surface area contributed by atoms with Gasteiger partial charge in [0.2, 0.25) is 5.71 Å². The number of benzene rings is 1. The van der Waals surface area contributed by atoms with Crippen molar-refractivity contribution in [2.45, 2.75) is 0 Å². The Morgan fingerprint density at radius 2 is 1.85 bits per heavy atom. The monoisotopic (exact) mass is 421 g/mol. The van der Waals surface area contributed by atoms with Gasteiger partial charge in [0.15, 0.2) is 0 Å². The Labute approximate surface area is 161 Å². The highest BCUT2D eigenvalue weighted by Crippen LogP contribution is 2.38. The minimum atomic E-state index is -0.435. The Hall–Kier alpha value is -3.19. The zero-order valence-electron chi connectivity index (χ0n) is 14.1. The van der Waals surface area contributed by atoms with Gasteiger partial charge in [-0.25, -0.2) is 4.98 Å². The third-order valence-electron chi connectivity index (χ3n) is 4.77.